The van der Waals surface area contributed by atoms with Crippen molar-refractivity contribution in [2.45, 2.75) is 26.6 Å². The van der Waals surface area contributed by atoms with E-state index in [2.05, 4.69) is 0 Å². The van der Waals surface area contributed by atoms with Crippen molar-refractivity contribution in [3.8, 4) is 11.5 Å². The zero-order chi connectivity index (χ0) is 17.1. The molecule has 0 saturated heterocycles. The lowest BCUT2D eigenvalue weighted by molar-refractivity contribution is -0.104. The molecule has 6 heteroatoms. The largest absolute Gasteiger partial charge is 0.506 e. The molecule has 0 radical (unpaired) electrons. The Labute approximate surface area is 133 Å². The van der Waals surface area contributed by atoms with E-state index in [4.69, 9.17) is 9.47 Å². The average molecular weight is 318 g/mol. The van der Waals surface area contributed by atoms with Crippen LogP contribution in [0.25, 0.3) is 0 Å². The van der Waals surface area contributed by atoms with Crippen LogP contribution in [-0.4, -0.2) is 29.6 Å². The Morgan fingerprint density at radius 2 is 2.13 bits per heavy atom. The van der Waals surface area contributed by atoms with Gasteiger partial charge in [-0.1, -0.05) is 11.6 Å². The van der Waals surface area contributed by atoms with Crippen LogP contribution in [0, 0.1) is 6.92 Å². The predicted molar refractivity (Wildman–Crippen MR) is 82.4 cm³/mol. The Balaban J connectivity index is 2.60. The number of hydrogen-bond acceptors (Lipinski definition) is 6. The van der Waals surface area contributed by atoms with Crippen molar-refractivity contribution >= 4 is 12.3 Å². The van der Waals surface area contributed by atoms with Gasteiger partial charge in [0.15, 0.2) is 0 Å². The fourth-order valence-corrected chi connectivity index (χ4v) is 2.64. The molecule has 0 aliphatic carbocycles. The van der Waals surface area contributed by atoms with Crippen LogP contribution < -0.4 is 4.74 Å². The molecule has 6 nitrogen and oxygen atoms in total. The number of carbonyl (C=O) groups excluding carboxylic acids is 2. The van der Waals surface area contributed by atoms with Gasteiger partial charge in [0.2, 0.25) is 0 Å². The Hall–Kier alpha value is -2.60. The van der Waals surface area contributed by atoms with Gasteiger partial charge in [-0.05, 0) is 31.6 Å². The molecular formula is C17H18O6. The number of carbonyl (C=O) groups is 2. The number of fused-ring (bicyclic) bond motifs is 1. The lowest BCUT2D eigenvalue weighted by Crippen LogP contribution is -2.06. The second-order valence-electron chi connectivity index (χ2n) is 5.20. The molecule has 122 valence electrons. The van der Waals surface area contributed by atoms with Crippen molar-refractivity contribution in [2.75, 3.05) is 7.11 Å². The molecule has 0 fully saturated rings. The summed E-state index contributed by atoms with van der Waals surface area (Å²) in [6, 6.07) is 0. The van der Waals surface area contributed by atoms with Crippen molar-refractivity contribution in [2.24, 2.45) is 0 Å². The van der Waals surface area contributed by atoms with Crippen molar-refractivity contribution in [3.63, 3.8) is 0 Å². The van der Waals surface area contributed by atoms with Gasteiger partial charge < -0.3 is 19.7 Å². The SMILES string of the molecule is COc1c(C)c2c(c(O)c1C(O)/C=C(C)/C=C/C=O)C(=O)OC2. The van der Waals surface area contributed by atoms with E-state index in [9.17, 15) is 19.8 Å². The van der Waals surface area contributed by atoms with Gasteiger partial charge in [-0.2, -0.15) is 0 Å². The maximum absolute atomic E-state index is 11.8. The van der Waals surface area contributed by atoms with Crippen LogP contribution >= 0.6 is 0 Å². The number of rotatable bonds is 5. The number of aliphatic hydroxyl groups excluding tert-OH is 1. The number of aliphatic hydroxyl groups is 1. The molecule has 1 atom stereocenters. The molecule has 0 bridgehead atoms. The van der Waals surface area contributed by atoms with Gasteiger partial charge in [0.05, 0.1) is 12.7 Å². The van der Waals surface area contributed by atoms with Crippen LogP contribution in [0.5, 0.6) is 11.5 Å². The van der Waals surface area contributed by atoms with Gasteiger partial charge in [0, 0.05) is 5.56 Å². The smallest absolute Gasteiger partial charge is 0.342 e. The first kappa shape index (κ1) is 16.8. The molecule has 1 aliphatic heterocycles. The second-order valence-corrected chi connectivity index (χ2v) is 5.20. The molecule has 0 spiro atoms. The number of ether oxygens (including phenoxy) is 2. The molecular weight excluding hydrogens is 300 g/mol. The van der Waals surface area contributed by atoms with Crippen molar-refractivity contribution in [1.82, 2.24) is 0 Å². The summed E-state index contributed by atoms with van der Waals surface area (Å²) in [4.78, 5) is 22.1. The molecule has 1 unspecified atom stereocenters. The van der Waals surface area contributed by atoms with Crippen LogP contribution in [0.3, 0.4) is 0 Å². The maximum Gasteiger partial charge on any atom is 0.342 e. The summed E-state index contributed by atoms with van der Waals surface area (Å²) in [6.45, 7) is 3.50. The number of esters is 1. The summed E-state index contributed by atoms with van der Waals surface area (Å²) in [5.41, 5.74) is 1.97. The topological polar surface area (TPSA) is 93.1 Å². The summed E-state index contributed by atoms with van der Waals surface area (Å²) in [6.07, 6.45) is 3.68. The number of phenols is 1. The Bertz CT molecular complexity index is 715. The number of hydrogen-bond donors (Lipinski definition) is 2. The highest BCUT2D eigenvalue weighted by Crippen LogP contribution is 2.44. The quantitative estimate of drug-likeness (QED) is 0.374. The number of methoxy groups -OCH3 is 1. The number of phenolic OH excluding ortho intramolecular Hbond substituents is 1. The van der Waals surface area contributed by atoms with E-state index >= 15 is 0 Å². The molecule has 2 N–H and O–H groups in total. The van der Waals surface area contributed by atoms with Gasteiger partial charge in [-0.3, -0.25) is 4.79 Å². The third-order valence-corrected chi connectivity index (χ3v) is 3.74. The zero-order valence-corrected chi connectivity index (χ0v) is 13.1. The first-order valence-electron chi connectivity index (χ1n) is 7.00. The highest BCUT2D eigenvalue weighted by Gasteiger charge is 2.33. The number of allylic oxidation sites excluding steroid dienone is 3. The fraction of sp³-hybridized carbons (Fsp3) is 0.294. The van der Waals surface area contributed by atoms with Crippen LogP contribution in [0.2, 0.25) is 0 Å². The summed E-state index contributed by atoms with van der Waals surface area (Å²) in [7, 11) is 1.42. The van der Waals surface area contributed by atoms with Gasteiger partial charge in [-0.15, -0.1) is 0 Å². The summed E-state index contributed by atoms with van der Waals surface area (Å²) >= 11 is 0. The number of aromatic hydroxyl groups is 1. The Morgan fingerprint density at radius 3 is 2.74 bits per heavy atom. The van der Waals surface area contributed by atoms with Crippen molar-refractivity contribution < 1.29 is 29.3 Å². The molecule has 0 aromatic heterocycles. The lowest BCUT2D eigenvalue weighted by Gasteiger charge is -2.19. The van der Waals surface area contributed by atoms with E-state index in [1.807, 2.05) is 0 Å². The summed E-state index contributed by atoms with van der Waals surface area (Å²) in [5.74, 6) is -0.672. The van der Waals surface area contributed by atoms with E-state index in [1.165, 1.54) is 25.3 Å². The summed E-state index contributed by atoms with van der Waals surface area (Å²) < 4.78 is 10.3. The first-order chi connectivity index (χ1) is 10.9. The van der Waals surface area contributed by atoms with Gasteiger partial charge in [0.25, 0.3) is 0 Å². The minimum absolute atomic E-state index is 0.0619. The molecule has 1 aliphatic rings. The predicted octanol–water partition coefficient (Wildman–Crippen LogP) is 2.11. The number of cyclic esters (lactones) is 1. The Kier molecular flexibility index (Phi) is 4.86. The molecule has 1 aromatic carbocycles. The average Bonchev–Trinajstić information content (AvgIpc) is 2.90. The van der Waals surface area contributed by atoms with Gasteiger partial charge in [0.1, 0.15) is 36.1 Å². The third-order valence-electron chi connectivity index (χ3n) is 3.74. The highest BCUT2D eigenvalue weighted by molar-refractivity contribution is 5.98. The van der Waals surface area contributed by atoms with E-state index in [0.29, 0.717) is 28.7 Å². The lowest BCUT2D eigenvalue weighted by atomic mass is 9.93. The second kappa shape index (κ2) is 6.66. The molecule has 0 saturated carbocycles. The number of aldehydes is 1. The van der Waals surface area contributed by atoms with E-state index in [-0.39, 0.29) is 23.5 Å². The third kappa shape index (κ3) is 2.98. The van der Waals surface area contributed by atoms with Crippen LogP contribution in [0.1, 0.15) is 40.1 Å². The standard InChI is InChI=1S/C17H18O6/c1-9(5-4-6-18)7-12(19)14-15(20)13-11(8-23-17(13)21)10(2)16(14)22-3/h4-7,12,19-20H,8H2,1-3H3/b5-4+,9-7+. The van der Waals surface area contributed by atoms with Crippen LogP contribution in [-0.2, 0) is 16.1 Å². The van der Waals surface area contributed by atoms with Crippen molar-refractivity contribution in [1.29, 1.82) is 0 Å². The molecule has 2 rings (SSSR count). The molecule has 1 aromatic rings. The van der Waals surface area contributed by atoms with Crippen LogP contribution in [0.4, 0.5) is 0 Å². The maximum atomic E-state index is 11.8. The minimum Gasteiger partial charge on any atom is -0.506 e. The summed E-state index contributed by atoms with van der Waals surface area (Å²) in [5, 5.41) is 20.9. The first-order valence-corrected chi connectivity index (χ1v) is 7.00. The van der Waals surface area contributed by atoms with E-state index in [0.717, 1.165) is 0 Å². The minimum atomic E-state index is -1.21. The molecule has 0 amide bonds. The van der Waals surface area contributed by atoms with Gasteiger partial charge >= 0.3 is 5.97 Å². The van der Waals surface area contributed by atoms with Gasteiger partial charge in [-0.25, -0.2) is 4.79 Å². The monoisotopic (exact) mass is 318 g/mol. The van der Waals surface area contributed by atoms with Crippen LogP contribution in [0.15, 0.2) is 23.8 Å². The van der Waals surface area contributed by atoms with Crippen molar-refractivity contribution in [3.05, 3.63) is 46.1 Å². The molecule has 23 heavy (non-hydrogen) atoms. The Morgan fingerprint density at radius 1 is 1.43 bits per heavy atom. The van der Waals surface area contributed by atoms with E-state index < -0.39 is 12.1 Å². The molecule has 1 heterocycles. The zero-order valence-electron chi connectivity index (χ0n) is 13.1. The highest BCUT2D eigenvalue weighted by atomic mass is 16.5. The fourth-order valence-electron chi connectivity index (χ4n) is 2.64. The van der Waals surface area contributed by atoms with E-state index in [1.54, 1.807) is 13.8 Å². The number of benzene rings is 1. The normalized spacial score (nSPS) is 15.5.